The Hall–Kier alpha value is -1.88. The van der Waals surface area contributed by atoms with Crippen molar-refractivity contribution in [1.29, 1.82) is 5.26 Å². The predicted octanol–water partition coefficient (Wildman–Crippen LogP) is 3.55. The van der Waals surface area contributed by atoms with E-state index in [1.807, 2.05) is 17.0 Å². The van der Waals surface area contributed by atoms with Crippen molar-refractivity contribution >= 4 is 24.8 Å². The summed E-state index contributed by atoms with van der Waals surface area (Å²) < 4.78 is 7.92. The molecule has 1 atom stereocenters. The van der Waals surface area contributed by atoms with Crippen molar-refractivity contribution in [2.75, 3.05) is 31.1 Å². The number of nitrogens with zero attached hydrogens (tertiary/aromatic N) is 4. The average Bonchev–Trinajstić information content (AvgIpc) is 3.38. The van der Waals surface area contributed by atoms with Crippen LogP contribution in [0.4, 0.5) is 5.69 Å². The number of anilines is 1. The molecule has 6 nitrogen and oxygen atoms in total. The van der Waals surface area contributed by atoms with E-state index in [0.29, 0.717) is 12.3 Å². The van der Waals surface area contributed by atoms with E-state index in [1.165, 1.54) is 19.3 Å². The van der Waals surface area contributed by atoms with Crippen molar-refractivity contribution < 1.29 is 4.74 Å². The second-order valence-electron chi connectivity index (χ2n) is 9.48. The fourth-order valence-electron chi connectivity index (χ4n) is 4.48. The minimum atomic E-state index is -1.11. The third kappa shape index (κ3) is 3.82. The summed E-state index contributed by atoms with van der Waals surface area (Å²) in [5, 5.41) is 14.4. The van der Waals surface area contributed by atoms with Gasteiger partial charge in [0, 0.05) is 45.7 Å². The Morgan fingerprint density at radius 2 is 2.21 bits per heavy atom. The van der Waals surface area contributed by atoms with Gasteiger partial charge in [0.15, 0.2) is 0 Å². The second-order valence-corrected chi connectivity index (χ2v) is 15.1. The van der Waals surface area contributed by atoms with E-state index in [1.54, 1.807) is 0 Å². The van der Waals surface area contributed by atoms with E-state index >= 15 is 0 Å². The van der Waals surface area contributed by atoms with Crippen molar-refractivity contribution in [2.24, 2.45) is 0 Å². The lowest BCUT2D eigenvalue weighted by Gasteiger charge is -2.25. The molecule has 0 bridgehead atoms. The quantitative estimate of drug-likeness (QED) is 0.596. The molecular weight excluding hydrogens is 366 g/mol. The fourth-order valence-corrected chi connectivity index (χ4v) is 5.24. The topological polar surface area (TPSA) is 66.1 Å². The summed E-state index contributed by atoms with van der Waals surface area (Å²) in [6.45, 7) is 11.4. The first-order valence-electron chi connectivity index (χ1n) is 10.4. The molecule has 0 radical (unpaired) electrons. The molecule has 2 fully saturated rings. The summed E-state index contributed by atoms with van der Waals surface area (Å²) in [7, 11) is -1.11. The van der Waals surface area contributed by atoms with Crippen LogP contribution < -0.4 is 10.2 Å². The van der Waals surface area contributed by atoms with Crippen LogP contribution >= 0.6 is 0 Å². The molecular formula is C21H31N5OSi. The van der Waals surface area contributed by atoms with E-state index in [9.17, 15) is 5.26 Å². The van der Waals surface area contributed by atoms with Gasteiger partial charge in [0.25, 0.3) is 0 Å². The molecule has 1 unspecified atom stereocenters. The lowest BCUT2D eigenvalue weighted by Crippen LogP contribution is -2.42. The zero-order valence-corrected chi connectivity index (χ0v) is 18.3. The summed E-state index contributed by atoms with van der Waals surface area (Å²) in [5.41, 5.74) is 2.92. The molecule has 1 spiro atoms. The van der Waals surface area contributed by atoms with Crippen molar-refractivity contribution in [3.8, 4) is 6.07 Å². The zero-order valence-electron chi connectivity index (χ0n) is 17.3. The van der Waals surface area contributed by atoms with Gasteiger partial charge in [-0.3, -0.25) is 0 Å². The number of nitriles is 1. The number of aromatic nitrogens is 2. The highest BCUT2D eigenvalue weighted by molar-refractivity contribution is 6.76. The molecule has 1 N–H and O–H groups in total. The normalized spacial score (nSPS) is 22.4. The number of pyridine rings is 1. The molecule has 2 aliphatic rings. The van der Waals surface area contributed by atoms with Crippen LogP contribution in [0.3, 0.4) is 0 Å². The first-order valence-corrected chi connectivity index (χ1v) is 14.1. The molecule has 2 aliphatic heterocycles. The third-order valence-electron chi connectivity index (χ3n) is 6.11. The number of rotatable bonds is 6. The van der Waals surface area contributed by atoms with Gasteiger partial charge in [0.1, 0.15) is 18.4 Å². The van der Waals surface area contributed by atoms with Gasteiger partial charge in [-0.05, 0) is 37.9 Å². The van der Waals surface area contributed by atoms with Crippen molar-refractivity contribution in [3.05, 3.63) is 24.0 Å². The van der Waals surface area contributed by atoms with E-state index in [2.05, 4.69) is 47.0 Å². The maximum absolute atomic E-state index is 9.74. The van der Waals surface area contributed by atoms with Crippen LogP contribution in [0.5, 0.6) is 0 Å². The molecule has 0 amide bonds. The standard InChI is InChI=1S/C21H31N5OSi/c1-28(2,3)12-11-27-16-26-14-17(13-22)19-18(5-9-23-20(19)26)25-10-7-21(15-25)6-4-8-24-21/h5,9,14,24H,4,6-8,10-12,15-16H2,1-3H3. The molecule has 0 aromatic carbocycles. The Kier molecular flexibility index (Phi) is 5.21. The minimum absolute atomic E-state index is 0.255. The molecule has 2 saturated heterocycles. The maximum Gasteiger partial charge on any atom is 0.145 e. The molecule has 4 rings (SSSR count). The highest BCUT2D eigenvalue weighted by atomic mass is 28.3. The van der Waals surface area contributed by atoms with Crippen molar-refractivity contribution in [3.63, 3.8) is 0 Å². The smallest absolute Gasteiger partial charge is 0.145 e. The molecule has 4 heterocycles. The van der Waals surface area contributed by atoms with E-state index < -0.39 is 8.07 Å². The van der Waals surface area contributed by atoms with Gasteiger partial charge in [-0.15, -0.1) is 0 Å². The average molecular weight is 398 g/mol. The van der Waals surface area contributed by atoms with Crippen LogP contribution in [0.2, 0.25) is 25.7 Å². The Bertz CT molecular complexity index is 889. The summed E-state index contributed by atoms with van der Waals surface area (Å²) in [6, 6.07) is 5.58. The number of nitrogens with one attached hydrogen (secondary N) is 1. The Labute approximate surface area is 168 Å². The maximum atomic E-state index is 9.74. The van der Waals surface area contributed by atoms with Crippen LogP contribution in [-0.2, 0) is 11.5 Å². The number of hydrogen-bond donors (Lipinski definition) is 1. The van der Waals surface area contributed by atoms with Gasteiger partial charge in [-0.25, -0.2) is 4.98 Å². The molecule has 150 valence electrons. The molecule has 0 aliphatic carbocycles. The lowest BCUT2D eigenvalue weighted by atomic mass is 9.97. The second kappa shape index (κ2) is 7.51. The first-order chi connectivity index (χ1) is 13.4. The van der Waals surface area contributed by atoms with Gasteiger partial charge in [-0.1, -0.05) is 19.6 Å². The SMILES string of the molecule is C[Si](C)(C)CCOCn1cc(C#N)c2c(N3CCC4(CCCN4)C3)ccnc21. The summed E-state index contributed by atoms with van der Waals surface area (Å²) in [4.78, 5) is 7.03. The summed E-state index contributed by atoms with van der Waals surface area (Å²) in [5.74, 6) is 0. The van der Waals surface area contributed by atoms with E-state index in [-0.39, 0.29) is 5.54 Å². The van der Waals surface area contributed by atoms with Crippen molar-refractivity contribution in [2.45, 2.75) is 57.2 Å². The fraction of sp³-hybridized carbons (Fsp3) is 0.619. The van der Waals surface area contributed by atoms with Gasteiger partial charge in [-0.2, -0.15) is 5.26 Å². The van der Waals surface area contributed by atoms with Crippen molar-refractivity contribution in [1.82, 2.24) is 14.9 Å². The Balaban J connectivity index is 1.57. The van der Waals surface area contributed by atoms with Crippen LogP contribution in [0, 0.1) is 11.3 Å². The van der Waals surface area contributed by atoms with Gasteiger partial charge in [0.05, 0.1) is 16.6 Å². The molecule has 2 aromatic rings. The lowest BCUT2D eigenvalue weighted by molar-refractivity contribution is 0.0898. The monoisotopic (exact) mass is 397 g/mol. The van der Waals surface area contributed by atoms with Crippen LogP contribution in [-0.4, -0.2) is 49.4 Å². The van der Waals surface area contributed by atoms with Gasteiger partial charge >= 0.3 is 0 Å². The minimum Gasteiger partial charge on any atom is -0.369 e. The predicted molar refractivity (Wildman–Crippen MR) is 115 cm³/mol. The van der Waals surface area contributed by atoms with E-state index in [4.69, 9.17) is 4.74 Å². The van der Waals surface area contributed by atoms with Crippen LogP contribution in [0.15, 0.2) is 18.5 Å². The molecule has 0 saturated carbocycles. The highest BCUT2D eigenvalue weighted by Gasteiger charge is 2.40. The molecule has 2 aromatic heterocycles. The molecule has 28 heavy (non-hydrogen) atoms. The summed E-state index contributed by atoms with van der Waals surface area (Å²) >= 11 is 0. The Morgan fingerprint density at radius 3 is 2.93 bits per heavy atom. The number of fused-ring (bicyclic) bond motifs is 1. The summed E-state index contributed by atoms with van der Waals surface area (Å²) in [6.07, 6.45) is 7.43. The van der Waals surface area contributed by atoms with Gasteiger partial charge in [0.2, 0.25) is 0 Å². The third-order valence-corrected chi connectivity index (χ3v) is 7.81. The van der Waals surface area contributed by atoms with Gasteiger partial charge < -0.3 is 19.5 Å². The van der Waals surface area contributed by atoms with Crippen LogP contribution in [0.1, 0.15) is 24.8 Å². The zero-order chi connectivity index (χ0) is 19.8. The first kappa shape index (κ1) is 19.4. The Morgan fingerprint density at radius 1 is 1.36 bits per heavy atom. The highest BCUT2D eigenvalue weighted by Crippen LogP contribution is 2.37. The largest absolute Gasteiger partial charge is 0.369 e. The van der Waals surface area contributed by atoms with Crippen LogP contribution in [0.25, 0.3) is 11.0 Å². The van der Waals surface area contributed by atoms with E-state index in [0.717, 1.165) is 49.0 Å². The number of hydrogen-bond acceptors (Lipinski definition) is 5. The number of ether oxygens (including phenoxy) is 1. The molecule has 7 heteroatoms.